The molecule has 2 heteroatoms. The molecule has 0 amide bonds. The highest BCUT2D eigenvalue weighted by Gasteiger charge is 2.19. The fourth-order valence-electron chi connectivity index (χ4n) is 2.12. The highest BCUT2D eigenvalue weighted by atomic mass is 16.1. The molecule has 0 aliphatic rings. The van der Waals surface area contributed by atoms with Crippen molar-refractivity contribution in [2.75, 3.05) is 6.54 Å². The van der Waals surface area contributed by atoms with Crippen molar-refractivity contribution in [2.45, 2.75) is 53.4 Å². The second-order valence-corrected chi connectivity index (χ2v) is 4.92. The molecule has 2 nitrogen and oxygen atoms in total. The van der Waals surface area contributed by atoms with Gasteiger partial charge in [-0.25, -0.2) is 0 Å². The minimum atomic E-state index is 0.256. The Labute approximate surface area is 94.6 Å². The number of nitrogens with two attached hydrogens (primary N) is 1. The van der Waals surface area contributed by atoms with Gasteiger partial charge in [0, 0.05) is 12.3 Å². The lowest BCUT2D eigenvalue weighted by Crippen LogP contribution is -2.23. The van der Waals surface area contributed by atoms with E-state index in [0.717, 1.165) is 19.3 Å². The van der Waals surface area contributed by atoms with Crippen LogP contribution in [0.4, 0.5) is 0 Å². The van der Waals surface area contributed by atoms with Crippen LogP contribution in [0.25, 0.3) is 0 Å². The van der Waals surface area contributed by atoms with Crippen molar-refractivity contribution >= 4 is 5.78 Å². The lowest BCUT2D eigenvalue weighted by Gasteiger charge is -2.19. The maximum absolute atomic E-state index is 11.9. The Hall–Kier alpha value is -0.370. The zero-order valence-electron chi connectivity index (χ0n) is 10.8. The summed E-state index contributed by atoms with van der Waals surface area (Å²) in [5, 5.41) is 0. The van der Waals surface area contributed by atoms with Crippen molar-refractivity contribution in [3.8, 4) is 0 Å². The molecule has 1 atom stereocenters. The van der Waals surface area contributed by atoms with E-state index in [9.17, 15) is 4.79 Å². The van der Waals surface area contributed by atoms with Crippen LogP contribution in [0, 0.1) is 17.8 Å². The molecule has 0 spiro atoms. The van der Waals surface area contributed by atoms with E-state index >= 15 is 0 Å². The van der Waals surface area contributed by atoms with Gasteiger partial charge in [-0.1, -0.05) is 27.7 Å². The summed E-state index contributed by atoms with van der Waals surface area (Å²) in [5.74, 6) is 1.69. The Kier molecular flexibility index (Phi) is 7.67. The van der Waals surface area contributed by atoms with Crippen LogP contribution >= 0.6 is 0 Å². The summed E-state index contributed by atoms with van der Waals surface area (Å²) in [7, 11) is 0. The second kappa shape index (κ2) is 7.86. The van der Waals surface area contributed by atoms with E-state index in [1.807, 2.05) is 0 Å². The van der Waals surface area contributed by atoms with Crippen molar-refractivity contribution in [3.63, 3.8) is 0 Å². The molecular formula is C13H27NO. The molecule has 0 radical (unpaired) electrons. The van der Waals surface area contributed by atoms with Gasteiger partial charge in [-0.15, -0.1) is 0 Å². The number of carbonyl (C=O) groups is 1. The topological polar surface area (TPSA) is 43.1 Å². The fourth-order valence-corrected chi connectivity index (χ4v) is 2.12. The summed E-state index contributed by atoms with van der Waals surface area (Å²) >= 11 is 0. The van der Waals surface area contributed by atoms with E-state index in [1.54, 1.807) is 0 Å². The first-order valence-electron chi connectivity index (χ1n) is 6.27. The molecule has 0 aromatic heterocycles. The Bertz CT molecular complexity index is 173. The highest BCUT2D eigenvalue weighted by Crippen LogP contribution is 2.19. The molecule has 0 bridgehead atoms. The maximum atomic E-state index is 11.9. The van der Waals surface area contributed by atoms with Crippen LogP contribution in [-0.2, 0) is 4.79 Å². The standard InChI is InChI=1S/C13H27NO/c1-5-12(6-2)13(15)8-11(9-14)7-10(3)4/h10-12H,5-9,14H2,1-4H3. The van der Waals surface area contributed by atoms with Crippen molar-refractivity contribution in [2.24, 2.45) is 23.5 Å². The zero-order chi connectivity index (χ0) is 11.8. The van der Waals surface area contributed by atoms with Gasteiger partial charge in [-0.05, 0) is 37.6 Å². The minimum absolute atomic E-state index is 0.256. The molecular weight excluding hydrogens is 186 g/mol. The lowest BCUT2D eigenvalue weighted by molar-refractivity contribution is -0.124. The fraction of sp³-hybridized carbons (Fsp3) is 0.923. The molecule has 0 saturated carbocycles. The molecule has 1 unspecified atom stereocenters. The molecule has 0 aliphatic heterocycles. The summed E-state index contributed by atoms with van der Waals surface area (Å²) in [6.07, 6.45) is 3.69. The van der Waals surface area contributed by atoms with E-state index in [0.29, 0.717) is 30.6 Å². The van der Waals surface area contributed by atoms with E-state index < -0.39 is 0 Å². The van der Waals surface area contributed by atoms with Gasteiger partial charge in [-0.3, -0.25) is 4.79 Å². The van der Waals surface area contributed by atoms with E-state index in [1.165, 1.54) is 0 Å². The van der Waals surface area contributed by atoms with Gasteiger partial charge >= 0.3 is 0 Å². The van der Waals surface area contributed by atoms with Crippen LogP contribution < -0.4 is 5.73 Å². The van der Waals surface area contributed by atoms with Crippen molar-refractivity contribution in [3.05, 3.63) is 0 Å². The van der Waals surface area contributed by atoms with Crippen molar-refractivity contribution in [1.29, 1.82) is 0 Å². The van der Waals surface area contributed by atoms with Gasteiger partial charge in [-0.2, -0.15) is 0 Å². The van der Waals surface area contributed by atoms with Gasteiger partial charge < -0.3 is 5.73 Å². The number of rotatable bonds is 8. The average Bonchev–Trinajstić information content (AvgIpc) is 2.17. The Morgan fingerprint density at radius 2 is 1.73 bits per heavy atom. The largest absolute Gasteiger partial charge is 0.330 e. The molecule has 0 rings (SSSR count). The Morgan fingerprint density at radius 1 is 1.20 bits per heavy atom. The van der Waals surface area contributed by atoms with E-state index in [2.05, 4.69) is 27.7 Å². The molecule has 2 N–H and O–H groups in total. The van der Waals surface area contributed by atoms with Crippen molar-refractivity contribution in [1.82, 2.24) is 0 Å². The lowest BCUT2D eigenvalue weighted by atomic mass is 9.87. The molecule has 0 aliphatic carbocycles. The highest BCUT2D eigenvalue weighted by molar-refractivity contribution is 5.81. The van der Waals surface area contributed by atoms with Crippen LogP contribution in [0.5, 0.6) is 0 Å². The summed E-state index contributed by atoms with van der Waals surface area (Å²) in [6, 6.07) is 0. The van der Waals surface area contributed by atoms with Crippen molar-refractivity contribution < 1.29 is 4.79 Å². The molecule has 0 aromatic carbocycles. The number of Topliss-reactive ketones (excluding diaryl/α,β-unsaturated/α-hetero) is 1. The molecule has 15 heavy (non-hydrogen) atoms. The molecule has 0 aromatic rings. The third-order valence-corrected chi connectivity index (χ3v) is 3.07. The van der Waals surface area contributed by atoms with Crippen LogP contribution in [0.3, 0.4) is 0 Å². The second-order valence-electron chi connectivity index (χ2n) is 4.92. The van der Waals surface area contributed by atoms with Crippen LogP contribution in [0.2, 0.25) is 0 Å². The van der Waals surface area contributed by atoms with E-state index in [-0.39, 0.29) is 5.92 Å². The predicted octanol–water partition coefficient (Wildman–Crippen LogP) is 3.00. The monoisotopic (exact) mass is 213 g/mol. The van der Waals surface area contributed by atoms with E-state index in [4.69, 9.17) is 5.73 Å². The van der Waals surface area contributed by atoms with Gasteiger partial charge in [0.2, 0.25) is 0 Å². The SMILES string of the molecule is CCC(CC)C(=O)CC(CN)CC(C)C. The first kappa shape index (κ1) is 14.6. The number of hydrogen-bond acceptors (Lipinski definition) is 2. The smallest absolute Gasteiger partial charge is 0.136 e. The number of ketones is 1. The Balaban J connectivity index is 4.10. The summed E-state index contributed by atoms with van der Waals surface area (Å²) in [6.45, 7) is 9.19. The third-order valence-electron chi connectivity index (χ3n) is 3.07. The third kappa shape index (κ3) is 5.93. The van der Waals surface area contributed by atoms with Crippen LogP contribution in [-0.4, -0.2) is 12.3 Å². The van der Waals surface area contributed by atoms with Crippen LogP contribution in [0.15, 0.2) is 0 Å². The first-order valence-corrected chi connectivity index (χ1v) is 6.27. The summed E-state index contributed by atoms with van der Waals surface area (Å²) in [5.41, 5.74) is 5.70. The molecule has 90 valence electrons. The normalized spacial score (nSPS) is 13.5. The number of hydrogen-bond donors (Lipinski definition) is 1. The first-order chi connectivity index (χ1) is 7.04. The zero-order valence-corrected chi connectivity index (χ0v) is 10.8. The summed E-state index contributed by atoms with van der Waals surface area (Å²) < 4.78 is 0. The van der Waals surface area contributed by atoms with Gasteiger partial charge in [0.25, 0.3) is 0 Å². The Morgan fingerprint density at radius 3 is 2.07 bits per heavy atom. The van der Waals surface area contributed by atoms with Gasteiger partial charge in [0.05, 0.1) is 0 Å². The maximum Gasteiger partial charge on any atom is 0.136 e. The van der Waals surface area contributed by atoms with Crippen LogP contribution in [0.1, 0.15) is 53.4 Å². The predicted molar refractivity (Wildman–Crippen MR) is 65.7 cm³/mol. The molecule has 0 heterocycles. The minimum Gasteiger partial charge on any atom is -0.330 e. The van der Waals surface area contributed by atoms with Gasteiger partial charge in [0.15, 0.2) is 0 Å². The molecule has 0 fully saturated rings. The number of carbonyl (C=O) groups excluding carboxylic acids is 1. The quantitative estimate of drug-likeness (QED) is 0.673. The summed E-state index contributed by atoms with van der Waals surface area (Å²) in [4.78, 5) is 11.9. The van der Waals surface area contributed by atoms with Gasteiger partial charge in [0.1, 0.15) is 5.78 Å². The molecule has 0 saturated heterocycles. The average molecular weight is 213 g/mol.